The van der Waals surface area contributed by atoms with Gasteiger partial charge in [0.1, 0.15) is 12.1 Å². The Morgan fingerprint density at radius 3 is 2.68 bits per heavy atom. The van der Waals surface area contributed by atoms with E-state index in [0.717, 1.165) is 5.52 Å². The van der Waals surface area contributed by atoms with Gasteiger partial charge in [0, 0.05) is 5.69 Å². The molecule has 2 heterocycles. The molecule has 1 aromatic carbocycles. The lowest BCUT2D eigenvalue weighted by atomic mass is 10.2. The van der Waals surface area contributed by atoms with Crippen LogP contribution in [0.25, 0.3) is 5.52 Å². The second-order valence-corrected chi connectivity index (χ2v) is 4.89. The van der Waals surface area contributed by atoms with Crippen LogP contribution >= 0.6 is 11.6 Å². The molecule has 0 aliphatic heterocycles. The van der Waals surface area contributed by atoms with Crippen LogP contribution < -0.4 is 10.6 Å². The van der Waals surface area contributed by atoms with Crippen LogP contribution in [0.1, 0.15) is 5.56 Å². The molecule has 22 heavy (non-hydrogen) atoms. The molecule has 0 spiro atoms. The molecule has 3 rings (SSSR count). The van der Waals surface area contributed by atoms with E-state index in [1.165, 1.54) is 0 Å². The first-order valence-electron chi connectivity index (χ1n) is 6.36. The minimum atomic E-state index is -0.437. The van der Waals surface area contributed by atoms with Crippen molar-refractivity contribution in [3.63, 3.8) is 0 Å². The predicted molar refractivity (Wildman–Crippen MR) is 84.0 cm³/mol. The fraction of sp³-hybridized carbons (Fsp3) is 0. The Labute approximate surface area is 131 Å². The van der Waals surface area contributed by atoms with Gasteiger partial charge in [-0.2, -0.15) is 5.26 Å². The third-order valence-corrected chi connectivity index (χ3v) is 3.34. The zero-order chi connectivity index (χ0) is 15.5. The molecule has 2 amide bonds. The summed E-state index contributed by atoms with van der Waals surface area (Å²) in [5.41, 5.74) is 1.92. The maximum Gasteiger partial charge on any atom is 0.324 e. The summed E-state index contributed by atoms with van der Waals surface area (Å²) >= 11 is 6.12. The number of rotatable bonds is 2. The van der Waals surface area contributed by atoms with Crippen molar-refractivity contribution in [3.8, 4) is 6.07 Å². The number of nitrogens with zero attached hydrogens (tertiary/aromatic N) is 3. The molecule has 0 saturated heterocycles. The van der Waals surface area contributed by atoms with Gasteiger partial charge >= 0.3 is 6.03 Å². The Kier molecular flexibility index (Phi) is 3.64. The van der Waals surface area contributed by atoms with E-state index >= 15 is 0 Å². The van der Waals surface area contributed by atoms with Crippen molar-refractivity contribution in [1.29, 1.82) is 5.26 Å². The summed E-state index contributed by atoms with van der Waals surface area (Å²) in [4.78, 5) is 16.1. The predicted octanol–water partition coefficient (Wildman–Crippen LogP) is 3.50. The molecule has 0 bridgehead atoms. The summed E-state index contributed by atoms with van der Waals surface area (Å²) in [5, 5.41) is 14.5. The van der Waals surface area contributed by atoms with E-state index in [1.807, 2.05) is 6.07 Å². The van der Waals surface area contributed by atoms with Gasteiger partial charge in [0.15, 0.2) is 0 Å². The first-order valence-corrected chi connectivity index (χ1v) is 6.74. The SMILES string of the molecule is N#Cc1ccc(NC(=O)Nc2c(Cl)ccc3cncn23)cc1. The van der Waals surface area contributed by atoms with Gasteiger partial charge in [-0.15, -0.1) is 0 Å². The highest BCUT2D eigenvalue weighted by molar-refractivity contribution is 6.33. The second kappa shape index (κ2) is 5.76. The number of nitrogens with one attached hydrogen (secondary N) is 2. The smallest absolute Gasteiger partial charge is 0.308 e. The molecule has 0 aliphatic rings. The van der Waals surface area contributed by atoms with Crippen LogP contribution in [0.15, 0.2) is 48.9 Å². The first-order chi connectivity index (χ1) is 10.7. The molecule has 0 fully saturated rings. The van der Waals surface area contributed by atoms with Crippen molar-refractivity contribution in [1.82, 2.24) is 9.38 Å². The highest BCUT2D eigenvalue weighted by atomic mass is 35.5. The normalized spacial score (nSPS) is 10.2. The average molecular weight is 312 g/mol. The minimum Gasteiger partial charge on any atom is -0.308 e. The van der Waals surface area contributed by atoms with Gasteiger partial charge in [-0.25, -0.2) is 9.78 Å². The van der Waals surface area contributed by atoms with Crippen molar-refractivity contribution in [3.05, 3.63) is 59.5 Å². The number of fused-ring (bicyclic) bond motifs is 1. The molecule has 6 nitrogen and oxygen atoms in total. The Morgan fingerprint density at radius 1 is 1.18 bits per heavy atom. The zero-order valence-electron chi connectivity index (χ0n) is 11.2. The topological polar surface area (TPSA) is 82.2 Å². The van der Waals surface area contributed by atoms with E-state index in [4.69, 9.17) is 16.9 Å². The molecule has 3 aromatic rings. The average Bonchev–Trinajstić information content (AvgIpc) is 3.00. The maximum atomic E-state index is 12.1. The molecule has 0 atom stereocenters. The van der Waals surface area contributed by atoms with Gasteiger partial charge in [-0.1, -0.05) is 11.6 Å². The number of hydrogen-bond acceptors (Lipinski definition) is 3. The monoisotopic (exact) mass is 311 g/mol. The van der Waals surface area contributed by atoms with E-state index < -0.39 is 6.03 Å². The number of benzene rings is 1. The number of urea groups is 1. The lowest BCUT2D eigenvalue weighted by Gasteiger charge is -2.11. The largest absolute Gasteiger partial charge is 0.324 e. The zero-order valence-corrected chi connectivity index (χ0v) is 12.0. The fourth-order valence-corrected chi connectivity index (χ4v) is 2.19. The minimum absolute atomic E-state index is 0.403. The van der Waals surface area contributed by atoms with Crippen molar-refractivity contribution in [2.75, 3.05) is 10.6 Å². The number of hydrogen-bond donors (Lipinski definition) is 2. The number of amides is 2. The number of halogens is 1. The highest BCUT2D eigenvalue weighted by Crippen LogP contribution is 2.23. The molecular formula is C15H10ClN5O. The van der Waals surface area contributed by atoms with E-state index in [9.17, 15) is 4.79 Å². The summed E-state index contributed by atoms with van der Waals surface area (Å²) in [5.74, 6) is 0.433. The van der Waals surface area contributed by atoms with Crippen LogP contribution in [0.4, 0.5) is 16.3 Å². The van der Waals surface area contributed by atoms with Crippen molar-refractivity contribution >= 4 is 34.7 Å². The number of nitriles is 1. The van der Waals surface area contributed by atoms with E-state index in [-0.39, 0.29) is 0 Å². The van der Waals surface area contributed by atoms with Crippen LogP contribution in [-0.4, -0.2) is 15.4 Å². The van der Waals surface area contributed by atoms with Gasteiger partial charge in [-0.3, -0.25) is 9.72 Å². The van der Waals surface area contributed by atoms with Gasteiger partial charge in [-0.05, 0) is 36.4 Å². The molecule has 108 valence electrons. The number of pyridine rings is 1. The Balaban J connectivity index is 1.79. The Bertz CT molecular complexity index is 879. The molecule has 0 saturated carbocycles. The fourth-order valence-electron chi connectivity index (χ4n) is 1.99. The van der Waals surface area contributed by atoms with Crippen molar-refractivity contribution < 1.29 is 4.79 Å². The number of anilines is 2. The van der Waals surface area contributed by atoms with Crippen LogP contribution in [0, 0.1) is 11.3 Å². The third kappa shape index (κ3) is 2.71. The molecular weight excluding hydrogens is 302 g/mol. The van der Waals surface area contributed by atoms with Crippen molar-refractivity contribution in [2.24, 2.45) is 0 Å². The molecule has 0 radical (unpaired) electrons. The summed E-state index contributed by atoms with van der Waals surface area (Å²) in [6, 6.07) is 11.6. The number of imidazole rings is 1. The van der Waals surface area contributed by atoms with E-state index in [0.29, 0.717) is 22.1 Å². The van der Waals surface area contributed by atoms with Gasteiger partial charge in [0.25, 0.3) is 0 Å². The van der Waals surface area contributed by atoms with Crippen molar-refractivity contribution in [2.45, 2.75) is 0 Å². The summed E-state index contributed by atoms with van der Waals surface area (Å²) in [6.07, 6.45) is 3.23. The first kappa shape index (κ1) is 13.9. The number of carbonyl (C=O) groups is 1. The molecule has 2 aromatic heterocycles. The second-order valence-electron chi connectivity index (χ2n) is 4.49. The van der Waals surface area contributed by atoms with E-state index in [1.54, 1.807) is 53.3 Å². The molecule has 7 heteroatoms. The number of aromatic nitrogens is 2. The lowest BCUT2D eigenvalue weighted by Crippen LogP contribution is -2.21. The van der Waals surface area contributed by atoms with Crippen LogP contribution in [-0.2, 0) is 0 Å². The van der Waals surface area contributed by atoms with Gasteiger partial charge < -0.3 is 5.32 Å². The summed E-state index contributed by atoms with van der Waals surface area (Å²) in [7, 11) is 0. The molecule has 2 N–H and O–H groups in total. The maximum absolute atomic E-state index is 12.1. The van der Waals surface area contributed by atoms with Crippen LogP contribution in [0.5, 0.6) is 0 Å². The quantitative estimate of drug-likeness (QED) is 0.760. The standard InChI is InChI=1S/C15H10ClN5O/c16-13-6-5-12-8-18-9-21(12)14(13)20-15(22)19-11-3-1-10(7-17)2-4-11/h1-6,8-9H,(H2,19,20,22). The highest BCUT2D eigenvalue weighted by Gasteiger charge is 2.10. The Morgan fingerprint density at radius 2 is 1.95 bits per heavy atom. The summed E-state index contributed by atoms with van der Waals surface area (Å²) in [6.45, 7) is 0. The van der Waals surface area contributed by atoms with Crippen LogP contribution in [0.2, 0.25) is 5.02 Å². The van der Waals surface area contributed by atoms with Gasteiger partial charge in [0.2, 0.25) is 0 Å². The van der Waals surface area contributed by atoms with E-state index in [2.05, 4.69) is 15.6 Å². The summed E-state index contributed by atoms with van der Waals surface area (Å²) < 4.78 is 1.68. The Hall–Kier alpha value is -3.04. The lowest BCUT2D eigenvalue weighted by molar-refractivity contribution is 0.262. The molecule has 0 aliphatic carbocycles. The van der Waals surface area contributed by atoms with Crippen LogP contribution in [0.3, 0.4) is 0 Å². The third-order valence-electron chi connectivity index (χ3n) is 3.04. The number of carbonyl (C=O) groups excluding carboxylic acids is 1. The molecule has 0 unspecified atom stereocenters. The van der Waals surface area contributed by atoms with Gasteiger partial charge in [0.05, 0.1) is 28.4 Å².